The first kappa shape index (κ1) is 20.4. The smallest absolute Gasteiger partial charge is 0.410 e. The number of anilines is 2. The van der Waals surface area contributed by atoms with Crippen LogP contribution < -0.4 is 9.21 Å². The third-order valence-electron chi connectivity index (χ3n) is 4.11. The van der Waals surface area contributed by atoms with E-state index < -0.39 is 15.6 Å². The van der Waals surface area contributed by atoms with Gasteiger partial charge in [-0.15, -0.1) is 0 Å². The van der Waals surface area contributed by atoms with Crippen LogP contribution in [0.1, 0.15) is 27.7 Å². The normalized spacial score (nSPS) is 15.7. The van der Waals surface area contributed by atoms with Gasteiger partial charge in [-0.1, -0.05) is 12.1 Å². The molecule has 0 radical (unpaired) electrons. The summed E-state index contributed by atoms with van der Waals surface area (Å²) < 4.78 is 31.0. The molecular weight excluding hydrogens is 354 g/mol. The molecule has 1 heterocycles. The fourth-order valence-corrected chi connectivity index (χ4v) is 3.96. The van der Waals surface area contributed by atoms with Crippen LogP contribution in [0.25, 0.3) is 0 Å². The van der Waals surface area contributed by atoms with Gasteiger partial charge in [-0.3, -0.25) is 4.31 Å². The van der Waals surface area contributed by atoms with E-state index in [9.17, 15) is 13.2 Å². The molecule has 7 nitrogen and oxygen atoms in total. The van der Waals surface area contributed by atoms with Crippen molar-refractivity contribution in [3.8, 4) is 0 Å². The number of amides is 1. The van der Waals surface area contributed by atoms with Gasteiger partial charge in [0.25, 0.3) is 0 Å². The molecule has 1 aromatic rings. The minimum atomic E-state index is -3.35. The van der Waals surface area contributed by atoms with Crippen LogP contribution >= 0.6 is 0 Å². The summed E-state index contributed by atoms with van der Waals surface area (Å²) in [6.07, 6.45) is 0.907. The van der Waals surface area contributed by atoms with Gasteiger partial charge in [-0.05, 0) is 39.8 Å². The highest BCUT2D eigenvalue weighted by molar-refractivity contribution is 7.92. The highest BCUT2D eigenvalue weighted by atomic mass is 32.2. The minimum Gasteiger partial charge on any atom is -0.444 e. The Bertz CT molecular complexity index is 735. The Balaban J connectivity index is 2.14. The molecule has 1 amide bonds. The summed E-state index contributed by atoms with van der Waals surface area (Å²) in [4.78, 5) is 16.0. The molecule has 26 heavy (non-hydrogen) atoms. The van der Waals surface area contributed by atoms with Crippen molar-refractivity contribution in [2.24, 2.45) is 0 Å². The molecule has 0 aliphatic carbocycles. The third kappa shape index (κ3) is 5.03. The van der Waals surface area contributed by atoms with Crippen molar-refractivity contribution in [3.63, 3.8) is 0 Å². The zero-order valence-corrected chi connectivity index (χ0v) is 17.0. The number of piperazine rings is 1. The standard InChI is InChI=1S/C18H29N3O4S/c1-6-21(26(5,23)24)16-10-8-7-9-15(16)19-11-13-20(14-12-19)17(22)25-18(2,3)4/h7-10H,6,11-14H2,1-5H3. The second kappa shape index (κ2) is 7.73. The van der Waals surface area contributed by atoms with E-state index in [4.69, 9.17) is 4.74 Å². The molecule has 146 valence electrons. The lowest BCUT2D eigenvalue weighted by atomic mass is 10.2. The molecule has 1 saturated heterocycles. The van der Waals surface area contributed by atoms with Gasteiger partial charge in [-0.25, -0.2) is 13.2 Å². The number of hydrogen-bond donors (Lipinski definition) is 0. The molecule has 2 rings (SSSR count). The highest BCUT2D eigenvalue weighted by Crippen LogP contribution is 2.31. The Labute approximate surface area is 156 Å². The van der Waals surface area contributed by atoms with Gasteiger partial charge < -0.3 is 14.5 Å². The third-order valence-corrected chi connectivity index (χ3v) is 5.37. The fourth-order valence-electron chi connectivity index (χ4n) is 2.98. The van der Waals surface area contributed by atoms with E-state index >= 15 is 0 Å². The van der Waals surface area contributed by atoms with Crippen molar-refractivity contribution in [2.45, 2.75) is 33.3 Å². The number of carbonyl (C=O) groups excluding carboxylic acids is 1. The van der Waals surface area contributed by atoms with Gasteiger partial charge in [0.1, 0.15) is 5.60 Å². The Hall–Kier alpha value is -1.96. The Morgan fingerprint density at radius 3 is 2.23 bits per heavy atom. The van der Waals surface area contributed by atoms with Crippen LogP contribution in [0.5, 0.6) is 0 Å². The van der Waals surface area contributed by atoms with Crippen LogP contribution in [-0.2, 0) is 14.8 Å². The maximum absolute atomic E-state index is 12.2. The van der Waals surface area contributed by atoms with Gasteiger partial charge in [-0.2, -0.15) is 0 Å². The molecule has 1 aliphatic heterocycles. The lowest BCUT2D eigenvalue weighted by Crippen LogP contribution is -2.50. The van der Waals surface area contributed by atoms with Crippen molar-refractivity contribution in [1.29, 1.82) is 0 Å². The van der Waals surface area contributed by atoms with Crippen LogP contribution in [0.15, 0.2) is 24.3 Å². The molecule has 1 fully saturated rings. The van der Waals surface area contributed by atoms with Crippen molar-refractivity contribution in [1.82, 2.24) is 4.90 Å². The van der Waals surface area contributed by atoms with Gasteiger partial charge in [0, 0.05) is 32.7 Å². The molecule has 0 N–H and O–H groups in total. The quantitative estimate of drug-likeness (QED) is 0.799. The molecule has 0 spiro atoms. The second-order valence-electron chi connectivity index (χ2n) is 7.37. The summed E-state index contributed by atoms with van der Waals surface area (Å²) in [5, 5.41) is 0. The zero-order valence-electron chi connectivity index (χ0n) is 16.2. The van der Waals surface area contributed by atoms with E-state index in [1.54, 1.807) is 4.90 Å². The molecule has 8 heteroatoms. The minimum absolute atomic E-state index is 0.309. The van der Waals surface area contributed by atoms with Crippen LogP contribution in [-0.4, -0.2) is 64.0 Å². The number of benzene rings is 1. The van der Waals surface area contributed by atoms with E-state index in [2.05, 4.69) is 4.90 Å². The lowest BCUT2D eigenvalue weighted by Gasteiger charge is -2.38. The van der Waals surface area contributed by atoms with E-state index in [1.807, 2.05) is 52.0 Å². The van der Waals surface area contributed by atoms with Gasteiger partial charge >= 0.3 is 6.09 Å². The topological polar surface area (TPSA) is 70.2 Å². The molecule has 0 bridgehead atoms. The molecule has 0 aromatic heterocycles. The molecule has 0 saturated carbocycles. The summed E-state index contributed by atoms with van der Waals surface area (Å²) in [5.41, 5.74) is 1.02. The van der Waals surface area contributed by atoms with Gasteiger partial charge in [0.15, 0.2) is 0 Å². The number of para-hydroxylation sites is 2. The molecule has 1 aliphatic rings. The molecule has 1 aromatic carbocycles. The summed E-state index contributed by atoms with van der Waals surface area (Å²) in [6.45, 7) is 10.1. The second-order valence-corrected chi connectivity index (χ2v) is 9.28. The first-order valence-electron chi connectivity index (χ1n) is 8.82. The Kier molecular flexibility index (Phi) is 6.05. The largest absolute Gasteiger partial charge is 0.444 e. The monoisotopic (exact) mass is 383 g/mol. The van der Waals surface area contributed by atoms with Gasteiger partial charge in [0.2, 0.25) is 10.0 Å². The molecule has 0 unspecified atom stereocenters. The zero-order chi connectivity index (χ0) is 19.5. The summed E-state index contributed by atoms with van der Waals surface area (Å²) in [6, 6.07) is 7.48. The van der Waals surface area contributed by atoms with Crippen molar-refractivity contribution in [2.75, 3.05) is 48.2 Å². The Morgan fingerprint density at radius 1 is 1.15 bits per heavy atom. The van der Waals surface area contributed by atoms with Crippen LogP contribution in [0.2, 0.25) is 0 Å². The van der Waals surface area contributed by atoms with Crippen molar-refractivity contribution >= 4 is 27.5 Å². The first-order valence-corrected chi connectivity index (χ1v) is 10.7. The number of hydrogen-bond acceptors (Lipinski definition) is 5. The summed E-state index contributed by atoms with van der Waals surface area (Å²) in [5.74, 6) is 0. The van der Waals surface area contributed by atoms with Crippen molar-refractivity contribution in [3.05, 3.63) is 24.3 Å². The number of sulfonamides is 1. The van der Waals surface area contributed by atoms with Crippen molar-refractivity contribution < 1.29 is 17.9 Å². The summed E-state index contributed by atoms with van der Waals surface area (Å²) >= 11 is 0. The maximum Gasteiger partial charge on any atom is 0.410 e. The predicted octanol–water partition coefficient (Wildman–Crippen LogP) is 2.53. The van der Waals surface area contributed by atoms with Gasteiger partial charge in [0.05, 0.1) is 17.6 Å². The SMILES string of the molecule is CCN(c1ccccc1N1CCN(C(=O)OC(C)(C)C)CC1)S(C)(=O)=O. The van der Waals surface area contributed by atoms with Crippen LogP contribution in [0.4, 0.5) is 16.2 Å². The number of carbonyl (C=O) groups is 1. The highest BCUT2D eigenvalue weighted by Gasteiger charge is 2.28. The Morgan fingerprint density at radius 2 is 1.73 bits per heavy atom. The number of ether oxygens (including phenoxy) is 1. The number of nitrogens with zero attached hydrogens (tertiary/aromatic N) is 3. The van der Waals surface area contributed by atoms with E-state index in [1.165, 1.54) is 10.6 Å². The van der Waals surface area contributed by atoms with Crippen LogP contribution in [0.3, 0.4) is 0 Å². The maximum atomic E-state index is 12.2. The van der Waals surface area contributed by atoms with E-state index in [0.29, 0.717) is 38.4 Å². The average molecular weight is 384 g/mol. The first-order chi connectivity index (χ1) is 12.0. The molecular formula is C18H29N3O4S. The van der Waals surface area contributed by atoms with E-state index in [-0.39, 0.29) is 6.09 Å². The van der Waals surface area contributed by atoms with E-state index in [0.717, 1.165) is 5.69 Å². The molecule has 0 atom stereocenters. The summed E-state index contributed by atoms with van der Waals surface area (Å²) in [7, 11) is -3.35. The average Bonchev–Trinajstić information content (AvgIpc) is 2.53. The van der Waals surface area contributed by atoms with Crippen LogP contribution in [0, 0.1) is 0 Å². The number of rotatable bonds is 4. The lowest BCUT2D eigenvalue weighted by molar-refractivity contribution is 0.0240. The fraction of sp³-hybridized carbons (Fsp3) is 0.611. The predicted molar refractivity (Wildman–Crippen MR) is 104 cm³/mol.